The molecule has 106 valence electrons. The van der Waals surface area contributed by atoms with Crippen molar-refractivity contribution in [3.05, 3.63) is 36.3 Å². The number of esters is 1. The first-order valence-corrected chi connectivity index (χ1v) is 6.38. The van der Waals surface area contributed by atoms with E-state index >= 15 is 0 Å². The first-order chi connectivity index (χ1) is 9.54. The van der Waals surface area contributed by atoms with E-state index in [0.717, 1.165) is 0 Å². The zero-order chi connectivity index (χ0) is 14.7. The maximum absolute atomic E-state index is 12.5. The second-order valence-corrected chi connectivity index (χ2v) is 4.72. The van der Waals surface area contributed by atoms with E-state index in [-0.39, 0.29) is 11.5 Å². The van der Waals surface area contributed by atoms with Gasteiger partial charge in [-0.15, -0.1) is 0 Å². The summed E-state index contributed by atoms with van der Waals surface area (Å²) in [5.74, 6) is -3.19. The van der Waals surface area contributed by atoms with Crippen LogP contribution in [0.25, 0.3) is 5.69 Å². The second-order valence-electron chi connectivity index (χ2n) is 3.69. The second kappa shape index (κ2) is 5.91. The summed E-state index contributed by atoms with van der Waals surface area (Å²) in [5.41, 5.74) is 6.19. The first-order valence-electron chi connectivity index (χ1n) is 5.50. The average molecular weight is 299 g/mol. The quantitative estimate of drug-likeness (QED) is 0.694. The van der Waals surface area contributed by atoms with Crippen LogP contribution in [0, 0.1) is 0 Å². The number of methoxy groups -OCH3 is 1. The molecule has 0 spiro atoms. The SMILES string of the molecule is COC(=O)c1ncn(-c2ccccc2SC(F)F)c1N. The van der Waals surface area contributed by atoms with Crippen LogP contribution in [-0.2, 0) is 4.74 Å². The number of hydrogen-bond donors (Lipinski definition) is 1. The molecule has 1 heterocycles. The number of carbonyl (C=O) groups is 1. The molecule has 0 saturated carbocycles. The molecule has 2 aromatic rings. The van der Waals surface area contributed by atoms with E-state index in [0.29, 0.717) is 22.3 Å². The Labute approximate surface area is 117 Å². The van der Waals surface area contributed by atoms with Gasteiger partial charge in [-0.05, 0) is 12.1 Å². The Hall–Kier alpha value is -2.09. The molecule has 0 bridgehead atoms. The maximum Gasteiger partial charge on any atom is 0.360 e. The molecule has 2 N–H and O–H groups in total. The lowest BCUT2D eigenvalue weighted by atomic mass is 10.3. The van der Waals surface area contributed by atoms with Gasteiger partial charge in [-0.2, -0.15) is 8.78 Å². The molecule has 0 aliphatic carbocycles. The molecule has 0 fully saturated rings. The third-order valence-electron chi connectivity index (χ3n) is 2.52. The first kappa shape index (κ1) is 14.3. The van der Waals surface area contributed by atoms with E-state index in [1.165, 1.54) is 18.0 Å². The summed E-state index contributed by atoms with van der Waals surface area (Å²) in [6.07, 6.45) is 1.30. The molecule has 1 aromatic carbocycles. The van der Waals surface area contributed by atoms with Gasteiger partial charge in [0.25, 0.3) is 5.76 Å². The summed E-state index contributed by atoms with van der Waals surface area (Å²) >= 11 is 0.398. The number of halogens is 2. The number of hydrogen-bond acceptors (Lipinski definition) is 5. The van der Waals surface area contributed by atoms with Crippen molar-refractivity contribution in [2.24, 2.45) is 0 Å². The predicted molar refractivity (Wildman–Crippen MR) is 71.2 cm³/mol. The topological polar surface area (TPSA) is 70.1 Å². The number of aromatic nitrogens is 2. The number of imidazole rings is 1. The van der Waals surface area contributed by atoms with Crippen LogP contribution in [0.2, 0.25) is 0 Å². The van der Waals surface area contributed by atoms with Crippen LogP contribution in [0.3, 0.4) is 0 Å². The molecule has 0 radical (unpaired) electrons. The minimum Gasteiger partial charge on any atom is -0.464 e. The number of benzene rings is 1. The fourth-order valence-electron chi connectivity index (χ4n) is 1.66. The maximum atomic E-state index is 12.5. The number of thioether (sulfide) groups is 1. The van der Waals surface area contributed by atoms with Crippen LogP contribution in [0.4, 0.5) is 14.6 Å². The van der Waals surface area contributed by atoms with Crippen molar-refractivity contribution in [3.63, 3.8) is 0 Å². The third-order valence-corrected chi connectivity index (χ3v) is 3.30. The summed E-state index contributed by atoms with van der Waals surface area (Å²) in [7, 11) is 1.21. The molecule has 20 heavy (non-hydrogen) atoms. The normalized spacial score (nSPS) is 10.8. The van der Waals surface area contributed by atoms with Gasteiger partial charge < -0.3 is 10.5 Å². The van der Waals surface area contributed by atoms with E-state index in [9.17, 15) is 13.6 Å². The number of nitrogen functional groups attached to an aromatic ring is 1. The van der Waals surface area contributed by atoms with Gasteiger partial charge in [0.15, 0.2) is 5.69 Å². The monoisotopic (exact) mass is 299 g/mol. The van der Waals surface area contributed by atoms with Gasteiger partial charge in [0.05, 0.1) is 12.8 Å². The summed E-state index contributed by atoms with van der Waals surface area (Å²) in [4.78, 5) is 15.6. The number of para-hydroxylation sites is 1. The summed E-state index contributed by atoms with van der Waals surface area (Å²) in [5, 5.41) is 0. The Bertz CT molecular complexity index is 631. The lowest BCUT2D eigenvalue weighted by molar-refractivity contribution is 0.0596. The summed E-state index contributed by atoms with van der Waals surface area (Å²) in [6, 6.07) is 6.48. The van der Waals surface area contributed by atoms with Crippen molar-refractivity contribution < 1.29 is 18.3 Å². The molecule has 0 amide bonds. The zero-order valence-electron chi connectivity index (χ0n) is 10.4. The van der Waals surface area contributed by atoms with Gasteiger partial charge in [0, 0.05) is 4.90 Å². The minimum absolute atomic E-state index is 0.0409. The zero-order valence-corrected chi connectivity index (χ0v) is 11.2. The Kier molecular flexibility index (Phi) is 4.23. The number of ether oxygens (including phenoxy) is 1. The van der Waals surface area contributed by atoms with Crippen molar-refractivity contribution in [2.75, 3.05) is 12.8 Å². The molecule has 1 aromatic heterocycles. The highest BCUT2D eigenvalue weighted by molar-refractivity contribution is 7.99. The average Bonchev–Trinajstić information content (AvgIpc) is 2.80. The van der Waals surface area contributed by atoms with Crippen molar-refractivity contribution >= 4 is 23.5 Å². The Morgan fingerprint density at radius 3 is 2.80 bits per heavy atom. The van der Waals surface area contributed by atoms with Crippen LogP contribution in [0.5, 0.6) is 0 Å². The molecule has 2 rings (SSSR count). The molecule has 0 unspecified atom stereocenters. The molecule has 0 atom stereocenters. The van der Waals surface area contributed by atoms with Crippen LogP contribution >= 0.6 is 11.8 Å². The van der Waals surface area contributed by atoms with Crippen molar-refractivity contribution in [3.8, 4) is 5.69 Å². The van der Waals surface area contributed by atoms with Gasteiger partial charge in [-0.3, -0.25) is 4.57 Å². The third kappa shape index (κ3) is 2.74. The number of nitrogens with zero attached hydrogens (tertiary/aromatic N) is 2. The summed E-state index contributed by atoms with van der Waals surface area (Å²) < 4.78 is 31.0. The molecule has 0 saturated heterocycles. The largest absolute Gasteiger partial charge is 0.464 e. The number of anilines is 1. The molecular formula is C12H11F2N3O2S. The molecule has 5 nitrogen and oxygen atoms in total. The number of carbonyl (C=O) groups excluding carboxylic acids is 1. The highest BCUT2D eigenvalue weighted by atomic mass is 32.2. The van der Waals surface area contributed by atoms with Crippen LogP contribution in [-0.4, -0.2) is 28.4 Å². The van der Waals surface area contributed by atoms with E-state index in [1.54, 1.807) is 24.3 Å². The van der Waals surface area contributed by atoms with Gasteiger partial charge in [0.2, 0.25) is 0 Å². The van der Waals surface area contributed by atoms with E-state index in [4.69, 9.17) is 5.73 Å². The van der Waals surface area contributed by atoms with Crippen molar-refractivity contribution in [1.29, 1.82) is 0 Å². The molecular weight excluding hydrogens is 288 g/mol. The lowest BCUT2D eigenvalue weighted by Crippen LogP contribution is -2.08. The van der Waals surface area contributed by atoms with E-state index < -0.39 is 11.7 Å². The highest BCUT2D eigenvalue weighted by Crippen LogP contribution is 2.32. The number of nitrogens with two attached hydrogens (primary N) is 1. The predicted octanol–water partition coefficient (Wildman–Crippen LogP) is 2.56. The standard InChI is InChI=1S/C12H11F2N3O2S/c1-19-11(18)9-10(15)17(6-16-9)7-4-2-3-5-8(7)20-12(13)14/h2-6,12H,15H2,1H3. The van der Waals surface area contributed by atoms with Crippen molar-refractivity contribution in [2.45, 2.75) is 10.7 Å². The van der Waals surface area contributed by atoms with Crippen molar-refractivity contribution in [1.82, 2.24) is 9.55 Å². The van der Waals surface area contributed by atoms with Crippen LogP contribution in [0.15, 0.2) is 35.5 Å². The molecule has 0 aliphatic heterocycles. The highest BCUT2D eigenvalue weighted by Gasteiger charge is 2.19. The van der Waals surface area contributed by atoms with Gasteiger partial charge >= 0.3 is 5.97 Å². The lowest BCUT2D eigenvalue weighted by Gasteiger charge is -2.10. The molecule has 0 aliphatic rings. The van der Waals surface area contributed by atoms with E-state index in [2.05, 4.69) is 9.72 Å². The fraction of sp³-hybridized carbons (Fsp3) is 0.167. The van der Waals surface area contributed by atoms with Gasteiger partial charge in [-0.1, -0.05) is 23.9 Å². The van der Waals surface area contributed by atoms with Gasteiger partial charge in [-0.25, -0.2) is 9.78 Å². The van der Waals surface area contributed by atoms with E-state index in [1.807, 2.05) is 0 Å². The fourth-order valence-corrected chi connectivity index (χ4v) is 2.29. The molecule has 8 heteroatoms. The number of alkyl halides is 2. The summed E-state index contributed by atoms with van der Waals surface area (Å²) in [6.45, 7) is 0. The minimum atomic E-state index is -2.55. The smallest absolute Gasteiger partial charge is 0.360 e. The number of rotatable bonds is 4. The Morgan fingerprint density at radius 2 is 2.15 bits per heavy atom. The Balaban J connectivity index is 2.47. The van der Waals surface area contributed by atoms with Gasteiger partial charge in [0.1, 0.15) is 12.1 Å². The van der Waals surface area contributed by atoms with Crippen LogP contribution in [0.1, 0.15) is 10.5 Å². The Morgan fingerprint density at radius 1 is 1.45 bits per heavy atom. The van der Waals surface area contributed by atoms with Crippen LogP contribution < -0.4 is 5.73 Å².